The first-order chi connectivity index (χ1) is 14.7. The van der Waals surface area contributed by atoms with Crippen LogP contribution in [0.15, 0.2) is 35.7 Å². The number of amides is 1. The van der Waals surface area contributed by atoms with E-state index < -0.39 is 0 Å². The Balaban J connectivity index is 1.23. The molecule has 6 rings (SSSR count). The summed E-state index contributed by atoms with van der Waals surface area (Å²) >= 11 is 1.58. The van der Waals surface area contributed by atoms with E-state index in [1.807, 2.05) is 29.6 Å². The zero-order valence-electron chi connectivity index (χ0n) is 17.3. The molecule has 4 aliphatic heterocycles. The normalized spacial score (nSPS) is 30.8. The number of hydrogen-bond acceptors (Lipinski definition) is 6. The Morgan fingerprint density at radius 2 is 2.03 bits per heavy atom. The molecule has 0 radical (unpaired) electrons. The molecule has 2 aromatic rings. The molecule has 160 valence electrons. The van der Waals surface area contributed by atoms with Crippen LogP contribution in [0.4, 0.5) is 0 Å². The van der Waals surface area contributed by atoms with Crippen LogP contribution in [0, 0.1) is 5.92 Å². The standard InChI is InChI=1S/C23H29N3O3S/c1-15-21(16-6-10-26(15)11-7-16)25-22(27)17-2-4-18(5-3-17)29-23-19(8-13-30-23)20-14-28-12-9-24-20/h2-5,8,13,15-16,20-21,24H,6-7,9-12,14H2,1H3,(H,25,27)/t15-,20?,21-/m0/s1. The van der Waals surface area contributed by atoms with Crippen molar-refractivity contribution in [3.63, 3.8) is 0 Å². The molecule has 0 aliphatic carbocycles. The Labute approximate surface area is 181 Å². The van der Waals surface area contributed by atoms with E-state index in [0.29, 0.717) is 24.1 Å². The Bertz CT molecular complexity index is 868. The van der Waals surface area contributed by atoms with Gasteiger partial charge in [-0.2, -0.15) is 0 Å². The van der Waals surface area contributed by atoms with Gasteiger partial charge >= 0.3 is 0 Å². The Kier molecular flexibility index (Phi) is 5.78. The van der Waals surface area contributed by atoms with E-state index in [9.17, 15) is 4.79 Å². The Morgan fingerprint density at radius 3 is 2.73 bits per heavy atom. The minimum atomic E-state index is 0.00696. The molecule has 1 unspecified atom stereocenters. The molecule has 1 aromatic heterocycles. The van der Waals surface area contributed by atoms with Gasteiger partial charge in [0.15, 0.2) is 5.06 Å². The molecule has 0 saturated carbocycles. The van der Waals surface area contributed by atoms with Gasteiger partial charge in [-0.3, -0.25) is 9.69 Å². The number of thiophene rings is 1. The number of ether oxygens (including phenoxy) is 2. The zero-order valence-corrected chi connectivity index (χ0v) is 18.1. The predicted molar refractivity (Wildman–Crippen MR) is 117 cm³/mol. The van der Waals surface area contributed by atoms with Crippen LogP contribution in [0.1, 0.15) is 41.7 Å². The summed E-state index contributed by atoms with van der Waals surface area (Å²) in [5.41, 5.74) is 1.80. The third kappa shape index (κ3) is 3.99. The van der Waals surface area contributed by atoms with Gasteiger partial charge < -0.3 is 20.1 Å². The van der Waals surface area contributed by atoms with Crippen LogP contribution < -0.4 is 15.4 Å². The fourth-order valence-corrected chi connectivity index (χ4v) is 5.80. The fourth-order valence-electron chi connectivity index (χ4n) is 4.97. The monoisotopic (exact) mass is 427 g/mol. The minimum absolute atomic E-state index is 0.00696. The number of hydrogen-bond donors (Lipinski definition) is 2. The van der Waals surface area contributed by atoms with E-state index in [1.165, 1.54) is 12.8 Å². The number of benzene rings is 1. The molecule has 1 aromatic carbocycles. The summed E-state index contributed by atoms with van der Waals surface area (Å²) in [7, 11) is 0. The van der Waals surface area contributed by atoms with Crippen molar-refractivity contribution in [1.82, 2.24) is 15.5 Å². The summed E-state index contributed by atoms with van der Waals surface area (Å²) in [5.74, 6) is 1.35. The van der Waals surface area contributed by atoms with Crippen LogP contribution in [0.5, 0.6) is 10.8 Å². The number of carbonyl (C=O) groups excluding carboxylic acids is 1. The van der Waals surface area contributed by atoms with E-state index >= 15 is 0 Å². The SMILES string of the molecule is C[C@H]1[C@H](NC(=O)c2ccc(Oc3sccc3C3COCCN3)cc2)C2CCN1CC2. The number of nitrogens with zero attached hydrogens (tertiary/aromatic N) is 1. The van der Waals surface area contributed by atoms with Crippen LogP contribution in [-0.2, 0) is 4.74 Å². The average Bonchev–Trinajstić information content (AvgIpc) is 3.25. The van der Waals surface area contributed by atoms with Crippen molar-refractivity contribution < 1.29 is 14.3 Å². The van der Waals surface area contributed by atoms with Crippen LogP contribution in [-0.4, -0.2) is 55.7 Å². The maximum atomic E-state index is 12.8. The minimum Gasteiger partial charge on any atom is -0.446 e. The lowest BCUT2D eigenvalue weighted by atomic mass is 9.79. The number of rotatable bonds is 5. The molecule has 2 N–H and O–H groups in total. The van der Waals surface area contributed by atoms with E-state index in [1.54, 1.807) is 11.3 Å². The molecule has 0 spiro atoms. The quantitative estimate of drug-likeness (QED) is 0.766. The van der Waals surface area contributed by atoms with Crippen LogP contribution in [0.2, 0.25) is 0 Å². The van der Waals surface area contributed by atoms with Gasteiger partial charge in [0.2, 0.25) is 0 Å². The van der Waals surface area contributed by atoms with Crippen molar-refractivity contribution in [2.24, 2.45) is 5.92 Å². The molecule has 4 aliphatic rings. The molecular weight excluding hydrogens is 398 g/mol. The highest BCUT2D eigenvalue weighted by atomic mass is 32.1. The molecule has 6 nitrogen and oxygen atoms in total. The van der Waals surface area contributed by atoms with Crippen LogP contribution in [0.3, 0.4) is 0 Å². The first-order valence-corrected chi connectivity index (χ1v) is 11.8. The number of fused-ring (bicyclic) bond motifs is 3. The summed E-state index contributed by atoms with van der Waals surface area (Å²) < 4.78 is 11.7. The molecule has 3 atom stereocenters. The lowest BCUT2D eigenvalue weighted by molar-refractivity contribution is 0.0217. The third-order valence-electron chi connectivity index (χ3n) is 6.76. The first kappa shape index (κ1) is 20.0. The van der Waals surface area contributed by atoms with Crippen molar-refractivity contribution >= 4 is 17.2 Å². The van der Waals surface area contributed by atoms with Crippen molar-refractivity contribution in [3.8, 4) is 10.8 Å². The van der Waals surface area contributed by atoms with Crippen molar-refractivity contribution in [3.05, 3.63) is 46.8 Å². The fraction of sp³-hybridized carbons (Fsp3) is 0.522. The van der Waals surface area contributed by atoms with Gasteiger partial charge in [-0.1, -0.05) is 0 Å². The molecular formula is C23H29N3O3S. The van der Waals surface area contributed by atoms with E-state index in [-0.39, 0.29) is 18.0 Å². The van der Waals surface area contributed by atoms with Gasteiger partial charge in [0.05, 0.1) is 19.3 Å². The maximum absolute atomic E-state index is 12.8. The number of morpholine rings is 1. The van der Waals surface area contributed by atoms with Crippen molar-refractivity contribution in [2.75, 3.05) is 32.8 Å². The van der Waals surface area contributed by atoms with Gasteiger partial charge in [-0.15, -0.1) is 11.3 Å². The van der Waals surface area contributed by atoms with Crippen molar-refractivity contribution in [1.29, 1.82) is 0 Å². The second-order valence-corrected chi connectivity index (χ2v) is 9.36. The maximum Gasteiger partial charge on any atom is 0.251 e. The molecule has 5 heterocycles. The Morgan fingerprint density at radius 1 is 1.23 bits per heavy atom. The van der Waals surface area contributed by atoms with E-state index in [0.717, 1.165) is 42.6 Å². The first-order valence-electron chi connectivity index (χ1n) is 10.9. The van der Waals surface area contributed by atoms with Crippen LogP contribution in [0.25, 0.3) is 0 Å². The number of carbonyl (C=O) groups is 1. The second kappa shape index (κ2) is 8.67. The smallest absolute Gasteiger partial charge is 0.251 e. The number of nitrogens with one attached hydrogen (secondary N) is 2. The van der Waals surface area contributed by atoms with E-state index in [4.69, 9.17) is 9.47 Å². The zero-order chi connectivity index (χ0) is 20.5. The highest BCUT2D eigenvalue weighted by molar-refractivity contribution is 7.12. The molecule has 4 fully saturated rings. The summed E-state index contributed by atoms with van der Waals surface area (Å²) in [4.78, 5) is 15.3. The Hall–Kier alpha value is -1.93. The van der Waals surface area contributed by atoms with E-state index in [2.05, 4.69) is 28.5 Å². The lowest BCUT2D eigenvalue weighted by Crippen LogP contribution is -2.62. The summed E-state index contributed by atoms with van der Waals surface area (Å²) in [6, 6.07) is 10.4. The van der Waals surface area contributed by atoms with Gasteiger partial charge in [-0.05, 0) is 74.5 Å². The van der Waals surface area contributed by atoms with Gasteiger partial charge in [-0.25, -0.2) is 0 Å². The molecule has 30 heavy (non-hydrogen) atoms. The molecule has 7 heteroatoms. The van der Waals surface area contributed by atoms with Gasteiger partial charge in [0.1, 0.15) is 5.75 Å². The van der Waals surface area contributed by atoms with Crippen molar-refractivity contribution in [2.45, 2.75) is 37.9 Å². The highest BCUT2D eigenvalue weighted by Crippen LogP contribution is 2.36. The topological polar surface area (TPSA) is 62.8 Å². The lowest BCUT2D eigenvalue weighted by Gasteiger charge is -2.49. The molecule has 4 saturated heterocycles. The highest BCUT2D eigenvalue weighted by Gasteiger charge is 2.40. The average molecular weight is 428 g/mol. The largest absolute Gasteiger partial charge is 0.446 e. The second-order valence-electron chi connectivity index (χ2n) is 8.48. The summed E-state index contributed by atoms with van der Waals surface area (Å²) in [6.07, 6.45) is 2.37. The predicted octanol–water partition coefficient (Wildman–Crippen LogP) is 3.41. The summed E-state index contributed by atoms with van der Waals surface area (Å²) in [6.45, 7) is 6.82. The number of piperidine rings is 3. The third-order valence-corrected chi connectivity index (χ3v) is 7.56. The molecule has 1 amide bonds. The molecule has 2 bridgehead atoms. The van der Waals surface area contributed by atoms with Crippen LogP contribution >= 0.6 is 11.3 Å². The van der Waals surface area contributed by atoms with Gasteiger partial charge in [0, 0.05) is 29.8 Å². The summed E-state index contributed by atoms with van der Waals surface area (Å²) in [5, 5.41) is 9.67. The van der Waals surface area contributed by atoms with Gasteiger partial charge in [0.25, 0.3) is 5.91 Å².